The highest BCUT2D eigenvalue weighted by molar-refractivity contribution is 5.78. The molecule has 0 radical (unpaired) electrons. The Labute approximate surface area is 125 Å². The summed E-state index contributed by atoms with van der Waals surface area (Å²) >= 11 is 0. The number of aliphatic hydroxyl groups is 1. The first-order chi connectivity index (χ1) is 10.2. The molecule has 0 bridgehead atoms. The highest BCUT2D eigenvalue weighted by Gasteiger charge is 2.19. The third-order valence-corrected chi connectivity index (χ3v) is 3.67. The lowest BCUT2D eigenvalue weighted by molar-refractivity contribution is -0.122. The van der Waals surface area contributed by atoms with E-state index >= 15 is 0 Å². The van der Waals surface area contributed by atoms with Crippen molar-refractivity contribution in [2.45, 2.75) is 6.92 Å². The normalized spacial score (nSPS) is 17.5. The van der Waals surface area contributed by atoms with E-state index in [0.29, 0.717) is 13.1 Å². The van der Waals surface area contributed by atoms with Crippen molar-refractivity contribution in [3.05, 3.63) is 24.4 Å². The number of nitrogens with one attached hydrogen (secondary N) is 1. The van der Waals surface area contributed by atoms with E-state index in [1.807, 2.05) is 25.1 Å². The zero-order valence-electron chi connectivity index (χ0n) is 12.5. The molecule has 2 rings (SSSR count). The van der Waals surface area contributed by atoms with Crippen LogP contribution in [0.1, 0.15) is 6.92 Å². The molecule has 1 fully saturated rings. The molecule has 6 heteroatoms. The number of pyridine rings is 1. The number of hydrogen-bond donors (Lipinski definition) is 2. The first kappa shape index (κ1) is 15.7. The van der Waals surface area contributed by atoms with Crippen LogP contribution in [0.4, 0.5) is 5.82 Å². The van der Waals surface area contributed by atoms with Crippen LogP contribution in [0.15, 0.2) is 24.4 Å². The van der Waals surface area contributed by atoms with Crippen LogP contribution in [0.2, 0.25) is 0 Å². The second-order valence-corrected chi connectivity index (χ2v) is 5.54. The van der Waals surface area contributed by atoms with Crippen molar-refractivity contribution in [3.63, 3.8) is 0 Å². The summed E-state index contributed by atoms with van der Waals surface area (Å²) in [4.78, 5) is 20.6. The molecular formula is C15H24N4O2. The van der Waals surface area contributed by atoms with Crippen molar-refractivity contribution in [1.29, 1.82) is 0 Å². The molecule has 2 heterocycles. The van der Waals surface area contributed by atoms with Crippen LogP contribution in [0.3, 0.4) is 0 Å². The van der Waals surface area contributed by atoms with Gasteiger partial charge in [0.1, 0.15) is 5.82 Å². The molecule has 21 heavy (non-hydrogen) atoms. The molecule has 1 unspecified atom stereocenters. The van der Waals surface area contributed by atoms with Crippen molar-refractivity contribution < 1.29 is 9.90 Å². The molecule has 1 amide bonds. The van der Waals surface area contributed by atoms with Crippen LogP contribution in [0, 0.1) is 5.92 Å². The minimum Gasteiger partial charge on any atom is -0.396 e. The van der Waals surface area contributed by atoms with E-state index in [0.717, 1.165) is 32.0 Å². The van der Waals surface area contributed by atoms with Crippen LogP contribution in [-0.4, -0.2) is 66.8 Å². The molecule has 6 nitrogen and oxygen atoms in total. The summed E-state index contributed by atoms with van der Waals surface area (Å²) < 4.78 is 0. The Morgan fingerprint density at radius 3 is 2.76 bits per heavy atom. The van der Waals surface area contributed by atoms with Gasteiger partial charge in [0.2, 0.25) is 5.91 Å². The Hall–Kier alpha value is -1.66. The van der Waals surface area contributed by atoms with Crippen molar-refractivity contribution in [2.75, 3.05) is 50.8 Å². The molecular weight excluding hydrogens is 268 g/mol. The summed E-state index contributed by atoms with van der Waals surface area (Å²) in [5, 5.41) is 11.8. The van der Waals surface area contributed by atoms with E-state index in [2.05, 4.69) is 20.1 Å². The number of anilines is 1. The third kappa shape index (κ3) is 4.99. The fourth-order valence-electron chi connectivity index (χ4n) is 2.29. The van der Waals surface area contributed by atoms with E-state index in [1.54, 1.807) is 6.20 Å². The summed E-state index contributed by atoms with van der Waals surface area (Å²) in [6.45, 7) is 6.46. The maximum Gasteiger partial charge on any atom is 0.234 e. The fraction of sp³-hybridized carbons (Fsp3) is 0.600. The first-order valence-electron chi connectivity index (χ1n) is 7.45. The standard InChI is InChI=1S/C15H24N4O2/c1-13(12-20)10-17-15(21)11-18-6-8-19(9-7-18)14-4-2-3-5-16-14/h2-5,13,20H,6-12H2,1H3,(H,17,21). The molecule has 0 aromatic carbocycles. The van der Waals surface area contributed by atoms with Crippen LogP contribution in [0.25, 0.3) is 0 Å². The van der Waals surface area contributed by atoms with Gasteiger partial charge in [-0.1, -0.05) is 13.0 Å². The molecule has 116 valence electrons. The maximum atomic E-state index is 11.8. The average molecular weight is 292 g/mol. The number of hydrogen-bond acceptors (Lipinski definition) is 5. The minimum absolute atomic E-state index is 0.0292. The molecule has 2 N–H and O–H groups in total. The highest BCUT2D eigenvalue weighted by atomic mass is 16.3. The zero-order chi connectivity index (χ0) is 15.1. The van der Waals surface area contributed by atoms with Crippen LogP contribution in [-0.2, 0) is 4.79 Å². The van der Waals surface area contributed by atoms with Gasteiger partial charge in [0, 0.05) is 45.5 Å². The molecule has 1 aromatic heterocycles. The SMILES string of the molecule is CC(CO)CNC(=O)CN1CCN(c2ccccn2)CC1. The van der Waals surface area contributed by atoms with Crippen LogP contribution < -0.4 is 10.2 Å². The Kier molecular flexibility index (Phi) is 5.95. The molecule has 0 saturated carbocycles. The number of carbonyl (C=O) groups excluding carboxylic acids is 1. The van der Waals surface area contributed by atoms with Crippen LogP contribution in [0.5, 0.6) is 0 Å². The van der Waals surface area contributed by atoms with Gasteiger partial charge in [-0.05, 0) is 18.1 Å². The number of amides is 1. The van der Waals surface area contributed by atoms with E-state index in [4.69, 9.17) is 5.11 Å². The van der Waals surface area contributed by atoms with Gasteiger partial charge >= 0.3 is 0 Å². The minimum atomic E-state index is 0.0292. The number of nitrogens with zero attached hydrogens (tertiary/aromatic N) is 3. The fourth-order valence-corrected chi connectivity index (χ4v) is 2.29. The smallest absolute Gasteiger partial charge is 0.234 e. The Morgan fingerprint density at radius 2 is 2.14 bits per heavy atom. The van der Waals surface area contributed by atoms with E-state index in [1.165, 1.54) is 0 Å². The third-order valence-electron chi connectivity index (χ3n) is 3.67. The quantitative estimate of drug-likeness (QED) is 0.769. The molecule has 1 aliphatic heterocycles. The van der Waals surface area contributed by atoms with Crippen molar-refractivity contribution in [3.8, 4) is 0 Å². The average Bonchev–Trinajstić information content (AvgIpc) is 2.54. The van der Waals surface area contributed by atoms with E-state index < -0.39 is 0 Å². The van der Waals surface area contributed by atoms with Crippen LogP contribution >= 0.6 is 0 Å². The van der Waals surface area contributed by atoms with Gasteiger partial charge in [-0.3, -0.25) is 9.69 Å². The number of carbonyl (C=O) groups is 1. The maximum absolute atomic E-state index is 11.8. The van der Waals surface area contributed by atoms with Crippen molar-refractivity contribution >= 4 is 11.7 Å². The number of piperazine rings is 1. The van der Waals surface area contributed by atoms with Crippen molar-refractivity contribution in [1.82, 2.24) is 15.2 Å². The van der Waals surface area contributed by atoms with E-state index in [9.17, 15) is 4.79 Å². The molecule has 1 saturated heterocycles. The Morgan fingerprint density at radius 1 is 1.38 bits per heavy atom. The summed E-state index contributed by atoms with van der Waals surface area (Å²) in [7, 11) is 0. The summed E-state index contributed by atoms with van der Waals surface area (Å²) in [5.74, 6) is 1.13. The largest absolute Gasteiger partial charge is 0.396 e. The van der Waals surface area contributed by atoms with Gasteiger partial charge < -0.3 is 15.3 Å². The number of rotatable bonds is 6. The second kappa shape index (κ2) is 7.95. The van der Waals surface area contributed by atoms with E-state index in [-0.39, 0.29) is 18.4 Å². The zero-order valence-corrected chi connectivity index (χ0v) is 12.5. The molecule has 0 aliphatic carbocycles. The van der Waals surface area contributed by atoms with Crippen molar-refractivity contribution in [2.24, 2.45) is 5.92 Å². The lowest BCUT2D eigenvalue weighted by Crippen LogP contribution is -2.50. The van der Waals surface area contributed by atoms with Gasteiger partial charge in [-0.2, -0.15) is 0 Å². The highest BCUT2D eigenvalue weighted by Crippen LogP contribution is 2.12. The first-order valence-corrected chi connectivity index (χ1v) is 7.45. The lowest BCUT2D eigenvalue weighted by atomic mass is 10.2. The van der Waals surface area contributed by atoms with Gasteiger partial charge in [0.15, 0.2) is 0 Å². The summed E-state index contributed by atoms with van der Waals surface area (Å²) in [6, 6.07) is 5.92. The predicted octanol–water partition coefficient (Wildman–Crippen LogP) is -0.0518. The molecule has 1 aromatic rings. The number of aromatic nitrogens is 1. The Balaban J connectivity index is 1.70. The molecule has 1 atom stereocenters. The predicted molar refractivity (Wildman–Crippen MR) is 82.1 cm³/mol. The summed E-state index contributed by atoms with van der Waals surface area (Å²) in [5.41, 5.74) is 0. The van der Waals surface area contributed by atoms with Gasteiger partial charge in [-0.25, -0.2) is 4.98 Å². The number of aliphatic hydroxyl groups excluding tert-OH is 1. The topological polar surface area (TPSA) is 68.7 Å². The molecule has 1 aliphatic rings. The van der Waals surface area contributed by atoms with Gasteiger partial charge in [0.25, 0.3) is 0 Å². The monoisotopic (exact) mass is 292 g/mol. The second-order valence-electron chi connectivity index (χ2n) is 5.54. The van der Waals surface area contributed by atoms with Gasteiger partial charge in [0.05, 0.1) is 6.54 Å². The molecule has 0 spiro atoms. The lowest BCUT2D eigenvalue weighted by Gasteiger charge is -2.35. The Bertz CT molecular complexity index is 433. The summed E-state index contributed by atoms with van der Waals surface area (Å²) in [6.07, 6.45) is 1.80. The van der Waals surface area contributed by atoms with Gasteiger partial charge in [-0.15, -0.1) is 0 Å².